The molecule has 0 N–H and O–H groups in total. The van der Waals surface area contributed by atoms with Gasteiger partial charge in [-0.25, -0.2) is 15.0 Å². The number of rotatable bonds is 31. The summed E-state index contributed by atoms with van der Waals surface area (Å²) in [4.78, 5) is 15.5. The van der Waals surface area contributed by atoms with Crippen LogP contribution in [-0.4, -0.2) is 15.0 Å². The molecule has 9 aromatic carbocycles. The van der Waals surface area contributed by atoms with Crippen molar-refractivity contribution in [1.82, 2.24) is 15.0 Å². The van der Waals surface area contributed by atoms with Gasteiger partial charge in [0.1, 0.15) is 0 Å². The lowest BCUT2D eigenvalue weighted by Crippen LogP contribution is -2.29. The molecule has 0 amide bonds. The van der Waals surface area contributed by atoms with E-state index in [2.05, 4.69) is 256 Å². The quantitative estimate of drug-likeness (QED) is 0.0407. The Labute approximate surface area is 578 Å². The van der Waals surface area contributed by atoms with E-state index in [1.165, 1.54) is 234 Å². The summed E-state index contributed by atoms with van der Waals surface area (Å²) in [6.07, 6.45) is 30.1. The molecule has 10 aromatic rings. The maximum Gasteiger partial charge on any atom is 0.164 e. The molecule has 3 heteroatoms. The smallest absolute Gasteiger partial charge is 0.164 e. The lowest BCUT2D eigenvalue weighted by Gasteiger charge is -2.35. The van der Waals surface area contributed by atoms with E-state index in [4.69, 9.17) is 15.0 Å². The molecule has 2 aliphatic carbocycles. The highest BCUT2D eigenvalue weighted by molar-refractivity contribution is 5.91. The maximum atomic E-state index is 5.21. The second-order valence-electron chi connectivity index (χ2n) is 29.8. The Kier molecular flexibility index (Phi) is 22.0. The minimum Gasteiger partial charge on any atom is -0.208 e. The summed E-state index contributed by atoms with van der Waals surface area (Å²) >= 11 is 0. The van der Waals surface area contributed by atoms with E-state index in [1.54, 1.807) is 0 Å². The first-order valence-corrected chi connectivity index (χ1v) is 37.6. The van der Waals surface area contributed by atoms with E-state index in [1.807, 2.05) is 0 Å². The molecule has 3 nitrogen and oxygen atoms in total. The Bertz CT molecular complexity index is 4130. The van der Waals surface area contributed by atoms with Gasteiger partial charge in [0.05, 0.1) is 5.41 Å². The molecule has 494 valence electrons. The van der Waals surface area contributed by atoms with Gasteiger partial charge in [-0.05, 0) is 171 Å². The molecule has 2 aliphatic rings. The minimum absolute atomic E-state index is 0.0438. The largest absolute Gasteiger partial charge is 0.208 e. The normalized spacial score (nSPS) is 13.4. The van der Waals surface area contributed by atoms with Gasteiger partial charge in [-0.3, -0.25) is 0 Å². The number of fused-ring (bicyclic) bond motifs is 6. The van der Waals surface area contributed by atoms with Gasteiger partial charge in [-0.2, -0.15) is 0 Å². The van der Waals surface area contributed by atoms with Crippen molar-refractivity contribution in [3.63, 3.8) is 0 Å². The van der Waals surface area contributed by atoms with E-state index in [9.17, 15) is 0 Å². The van der Waals surface area contributed by atoms with Gasteiger partial charge in [0.2, 0.25) is 0 Å². The molecule has 0 spiro atoms. The van der Waals surface area contributed by atoms with Crippen LogP contribution in [0.4, 0.5) is 0 Å². The summed E-state index contributed by atoms with van der Waals surface area (Å²) in [5.41, 5.74) is 28.2. The van der Waals surface area contributed by atoms with Crippen molar-refractivity contribution in [2.75, 3.05) is 0 Å². The van der Waals surface area contributed by atoms with Crippen LogP contribution >= 0.6 is 0 Å². The molecule has 1 heterocycles. The number of unbranched alkanes of at least 4 members (excludes halogenated alkanes) is 16. The Balaban J connectivity index is 0.955. The number of aromatic nitrogens is 3. The molecule has 0 atom stereocenters. The molecule has 0 saturated carbocycles. The van der Waals surface area contributed by atoms with E-state index in [0.29, 0.717) is 17.5 Å². The second-order valence-corrected chi connectivity index (χ2v) is 29.8. The first-order chi connectivity index (χ1) is 46.8. The van der Waals surface area contributed by atoms with Gasteiger partial charge < -0.3 is 0 Å². The predicted molar refractivity (Wildman–Crippen MR) is 410 cm³/mol. The number of benzene rings is 9. The summed E-state index contributed by atoms with van der Waals surface area (Å²) in [7, 11) is 0. The fraction of sp³-hybridized carbons (Fsp3) is 0.387. The highest BCUT2D eigenvalue weighted by atomic mass is 15.0. The molecule has 1 aromatic heterocycles. The zero-order valence-electron chi connectivity index (χ0n) is 59.8. The summed E-state index contributed by atoms with van der Waals surface area (Å²) in [6, 6.07) is 76.1. The van der Waals surface area contributed by atoms with E-state index in [-0.39, 0.29) is 10.8 Å². The third kappa shape index (κ3) is 14.6. The summed E-state index contributed by atoms with van der Waals surface area (Å²) in [5, 5.41) is 0. The van der Waals surface area contributed by atoms with Crippen LogP contribution in [-0.2, 0) is 29.1 Å². The summed E-state index contributed by atoms with van der Waals surface area (Å²) in [6.45, 7) is 20.5. The molecule has 0 unspecified atom stereocenters. The number of aryl methyl sites for hydroxylation is 4. The fourth-order valence-corrected chi connectivity index (χ4v) is 16.1. The van der Waals surface area contributed by atoms with Gasteiger partial charge >= 0.3 is 0 Å². The molecule has 96 heavy (non-hydrogen) atoms. The van der Waals surface area contributed by atoms with E-state index in [0.717, 1.165) is 42.4 Å². The van der Waals surface area contributed by atoms with Crippen LogP contribution in [0.3, 0.4) is 0 Å². The molecule has 0 saturated heterocycles. The first-order valence-electron chi connectivity index (χ1n) is 37.6. The van der Waals surface area contributed by atoms with Gasteiger partial charge in [-0.1, -0.05) is 351 Å². The minimum atomic E-state index is -0.493. The fourth-order valence-electron chi connectivity index (χ4n) is 16.1. The average Bonchev–Trinajstić information content (AvgIpc) is 1.54. The zero-order valence-corrected chi connectivity index (χ0v) is 59.8. The zero-order chi connectivity index (χ0) is 66.7. The second kappa shape index (κ2) is 31.0. The van der Waals surface area contributed by atoms with E-state index < -0.39 is 5.41 Å². The van der Waals surface area contributed by atoms with Crippen molar-refractivity contribution >= 4 is 0 Å². The van der Waals surface area contributed by atoms with Crippen LogP contribution in [0.25, 0.3) is 78.7 Å². The molecule has 0 radical (unpaired) electrons. The monoisotopic (exact) mass is 1270 g/mol. The molecule has 0 bridgehead atoms. The first kappa shape index (κ1) is 67.9. The number of hydrogen-bond acceptors (Lipinski definition) is 3. The lowest BCUT2D eigenvalue weighted by atomic mass is 9.67. The molecular formula is C93H107N3. The van der Waals surface area contributed by atoms with Crippen molar-refractivity contribution in [2.45, 2.75) is 233 Å². The maximum absolute atomic E-state index is 5.21. The van der Waals surface area contributed by atoms with Crippen LogP contribution in [0.2, 0.25) is 0 Å². The Morgan fingerprint density at radius 3 is 1.05 bits per heavy atom. The van der Waals surface area contributed by atoms with Crippen molar-refractivity contribution in [2.24, 2.45) is 0 Å². The Morgan fingerprint density at radius 2 is 0.615 bits per heavy atom. The number of nitrogens with zero attached hydrogens (tertiary/aromatic N) is 3. The molecule has 12 rings (SSSR count). The predicted octanol–water partition coefficient (Wildman–Crippen LogP) is 26.5. The highest BCUT2D eigenvalue weighted by Crippen LogP contribution is 2.59. The van der Waals surface area contributed by atoms with Gasteiger partial charge in [0.25, 0.3) is 0 Å². The average molecular weight is 1270 g/mol. The molecule has 0 fully saturated rings. The standard InChI is InChI=1S/C93H107N3/c1-10-14-18-22-24-28-60-92(61-29-25-23-19-15-11-2)84-63-74(70-41-43-72(44-42-70)89-94-88(71-39-32-66(5)33-40-71)95-90(96-89)73-45-54-77(55-46-73)91(7,8)9)47-57-80(84)81-58-48-75(64-85(81)92)76-49-59-83-82-56-34-67(6)62-86(82)93(87(83)65-76,78-50-35-68(36-51-78)30-26-20-16-12-3)79-52-37-69(38-53-79)31-27-21-17-13-4/h32-59,62-65H,10-31,60-61H2,1-9H3. The lowest BCUT2D eigenvalue weighted by molar-refractivity contribution is 0.398. The van der Waals surface area contributed by atoms with Crippen LogP contribution in [0.5, 0.6) is 0 Å². The van der Waals surface area contributed by atoms with Crippen LogP contribution in [0.15, 0.2) is 194 Å². The third-order valence-electron chi connectivity index (χ3n) is 21.7. The van der Waals surface area contributed by atoms with Gasteiger partial charge in [0.15, 0.2) is 17.5 Å². The molecular weight excluding hydrogens is 1160 g/mol. The third-order valence-corrected chi connectivity index (χ3v) is 21.7. The van der Waals surface area contributed by atoms with Gasteiger partial charge in [-0.15, -0.1) is 0 Å². The van der Waals surface area contributed by atoms with Crippen molar-refractivity contribution in [1.29, 1.82) is 0 Å². The summed E-state index contributed by atoms with van der Waals surface area (Å²) in [5.74, 6) is 2.04. The van der Waals surface area contributed by atoms with Crippen LogP contribution < -0.4 is 0 Å². The number of hydrogen-bond donors (Lipinski definition) is 0. The topological polar surface area (TPSA) is 38.7 Å². The van der Waals surface area contributed by atoms with Gasteiger partial charge in [0, 0.05) is 22.1 Å². The van der Waals surface area contributed by atoms with Crippen molar-refractivity contribution < 1.29 is 0 Å². The van der Waals surface area contributed by atoms with Crippen LogP contribution in [0.1, 0.15) is 251 Å². The SMILES string of the molecule is CCCCCCCCC1(CCCCCCCC)c2cc(-c3ccc(-c4nc(-c5ccc(C)cc5)nc(-c5ccc(C(C)(C)C)cc5)n4)cc3)ccc2-c2ccc(-c3ccc4c(c3)C(c3ccc(CCCCCC)cc3)(c3ccc(CCCCCC)cc3)c3cc(C)ccc3-4)cc21. The van der Waals surface area contributed by atoms with Crippen molar-refractivity contribution in [3.05, 3.63) is 255 Å². The Morgan fingerprint density at radius 1 is 0.292 bits per heavy atom. The van der Waals surface area contributed by atoms with E-state index >= 15 is 0 Å². The molecule has 0 aliphatic heterocycles. The summed E-state index contributed by atoms with van der Waals surface area (Å²) < 4.78 is 0. The van der Waals surface area contributed by atoms with Crippen molar-refractivity contribution in [3.8, 4) is 78.7 Å². The highest BCUT2D eigenvalue weighted by Gasteiger charge is 2.47. The van der Waals surface area contributed by atoms with Crippen LogP contribution in [0, 0.1) is 13.8 Å². The Hall–Kier alpha value is -8.01.